The Morgan fingerprint density at radius 3 is 2.21 bits per heavy atom. The van der Waals surface area contributed by atoms with Gasteiger partial charge in [-0.25, -0.2) is 12.8 Å². The molecular formula is C25H34FN3O4S. The maximum atomic E-state index is 13.3. The third-order valence-corrected chi connectivity index (χ3v) is 6.82. The number of halogens is 1. The van der Waals surface area contributed by atoms with Gasteiger partial charge in [0.25, 0.3) is 0 Å². The number of nitrogens with one attached hydrogen (secondary N) is 1. The van der Waals surface area contributed by atoms with Crippen LogP contribution in [0.2, 0.25) is 0 Å². The van der Waals surface area contributed by atoms with E-state index in [9.17, 15) is 22.4 Å². The van der Waals surface area contributed by atoms with Gasteiger partial charge in [0, 0.05) is 25.6 Å². The summed E-state index contributed by atoms with van der Waals surface area (Å²) < 4.78 is 39.0. The molecule has 2 aromatic rings. The van der Waals surface area contributed by atoms with E-state index in [1.807, 2.05) is 44.2 Å². The number of nitrogens with zero attached hydrogens (tertiary/aromatic N) is 2. The van der Waals surface area contributed by atoms with Crippen LogP contribution in [-0.2, 0) is 26.2 Å². The van der Waals surface area contributed by atoms with Crippen LogP contribution >= 0.6 is 0 Å². The summed E-state index contributed by atoms with van der Waals surface area (Å²) in [5.41, 5.74) is 1.22. The van der Waals surface area contributed by atoms with Crippen LogP contribution in [0.4, 0.5) is 10.1 Å². The molecule has 0 fully saturated rings. The number of hydrogen-bond donors (Lipinski definition) is 1. The summed E-state index contributed by atoms with van der Waals surface area (Å²) in [7, 11) is -3.62. The molecule has 0 spiro atoms. The van der Waals surface area contributed by atoms with E-state index >= 15 is 0 Å². The smallest absolute Gasteiger partial charge is 0.242 e. The van der Waals surface area contributed by atoms with Gasteiger partial charge in [0.2, 0.25) is 21.8 Å². The minimum absolute atomic E-state index is 0.0114. The van der Waals surface area contributed by atoms with Crippen molar-refractivity contribution in [1.82, 2.24) is 10.2 Å². The van der Waals surface area contributed by atoms with Gasteiger partial charge < -0.3 is 10.2 Å². The molecule has 0 aliphatic heterocycles. The summed E-state index contributed by atoms with van der Waals surface area (Å²) in [6.45, 7) is 5.89. The minimum Gasteiger partial charge on any atom is -0.352 e. The van der Waals surface area contributed by atoms with Gasteiger partial charge in [-0.3, -0.25) is 13.9 Å². The highest BCUT2D eigenvalue weighted by molar-refractivity contribution is 7.92. The molecule has 186 valence electrons. The second-order valence-corrected chi connectivity index (χ2v) is 10.3. The molecule has 9 heteroatoms. The third-order valence-electron chi connectivity index (χ3n) is 5.63. The zero-order valence-electron chi connectivity index (χ0n) is 20.2. The number of hydrogen-bond acceptors (Lipinski definition) is 4. The van der Waals surface area contributed by atoms with Crippen molar-refractivity contribution >= 4 is 27.5 Å². The van der Waals surface area contributed by atoms with E-state index in [2.05, 4.69) is 5.32 Å². The predicted octanol–water partition coefficient (Wildman–Crippen LogP) is 3.70. The molecule has 2 amide bonds. The molecule has 7 nitrogen and oxygen atoms in total. The number of sulfonamides is 1. The Hall–Kier alpha value is -2.94. The van der Waals surface area contributed by atoms with Crippen LogP contribution in [0.3, 0.4) is 0 Å². The topological polar surface area (TPSA) is 86.8 Å². The third kappa shape index (κ3) is 8.13. The Labute approximate surface area is 202 Å². The van der Waals surface area contributed by atoms with E-state index in [1.54, 1.807) is 6.92 Å². The van der Waals surface area contributed by atoms with Gasteiger partial charge in [-0.2, -0.15) is 0 Å². The fraction of sp³-hybridized carbons (Fsp3) is 0.440. The fourth-order valence-corrected chi connectivity index (χ4v) is 4.40. The second kappa shape index (κ2) is 12.5. The molecule has 0 bridgehead atoms. The number of benzene rings is 2. The summed E-state index contributed by atoms with van der Waals surface area (Å²) >= 11 is 0. The Kier molecular flexibility index (Phi) is 10.0. The molecule has 2 aromatic carbocycles. The Morgan fingerprint density at radius 2 is 1.65 bits per heavy atom. The normalized spacial score (nSPS) is 13.1. The van der Waals surface area contributed by atoms with E-state index < -0.39 is 21.9 Å². The average molecular weight is 492 g/mol. The number of carbonyl (C=O) groups excluding carboxylic acids is 2. The van der Waals surface area contributed by atoms with E-state index in [0.717, 1.165) is 22.5 Å². The van der Waals surface area contributed by atoms with Crippen molar-refractivity contribution in [3.05, 3.63) is 66.0 Å². The largest absolute Gasteiger partial charge is 0.352 e. The van der Waals surface area contributed by atoms with E-state index in [1.165, 1.54) is 29.2 Å². The maximum Gasteiger partial charge on any atom is 0.242 e. The number of rotatable bonds is 12. The van der Waals surface area contributed by atoms with Gasteiger partial charge in [-0.1, -0.05) is 37.3 Å². The predicted molar refractivity (Wildman–Crippen MR) is 132 cm³/mol. The quantitative estimate of drug-likeness (QED) is 0.491. The molecule has 0 saturated carbocycles. The van der Waals surface area contributed by atoms with E-state index in [4.69, 9.17) is 0 Å². The van der Waals surface area contributed by atoms with Crippen LogP contribution in [0.5, 0.6) is 0 Å². The van der Waals surface area contributed by atoms with Crippen LogP contribution in [0.15, 0.2) is 54.6 Å². The minimum atomic E-state index is -3.62. The van der Waals surface area contributed by atoms with Gasteiger partial charge >= 0.3 is 0 Å². The molecule has 1 N–H and O–H groups in total. The van der Waals surface area contributed by atoms with Gasteiger partial charge in [-0.15, -0.1) is 0 Å². The molecule has 34 heavy (non-hydrogen) atoms. The van der Waals surface area contributed by atoms with Crippen molar-refractivity contribution in [2.24, 2.45) is 0 Å². The number of carbonyl (C=O) groups is 2. The van der Waals surface area contributed by atoms with Crippen molar-refractivity contribution < 1.29 is 22.4 Å². The lowest BCUT2D eigenvalue weighted by atomic mass is 10.1. The number of anilines is 1. The van der Waals surface area contributed by atoms with Crippen molar-refractivity contribution in [2.75, 3.05) is 17.1 Å². The van der Waals surface area contributed by atoms with Gasteiger partial charge in [0.15, 0.2) is 0 Å². The average Bonchev–Trinajstić information content (AvgIpc) is 2.80. The van der Waals surface area contributed by atoms with Crippen LogP contribution in [0, 0.1) is 5.82 Å². The maximum absolute atomic E-state index is 13.3. The zero-order chi connectivity index (χ0) is 25.3. The standard InChI is InChI=1S/C25H34FN3O4S/c1-5-19(2)27-25(31)20(3)28(18-21-10-7-6-8-11-21)24(30)12-9-17-29(34(4,32)33)23-15-13-22(26)14-16-23/h6-8,10-11,13-16,19-20H,5,9,12,17-18H2,1-4H3,(H,27,31)/t19-,20+/m1/s1. The van der Waals surface area contributed by atoms with Crippen LogP contribution in [0.1, 0.15) is 45.6 Å². The van der Waals surface area contributed by atoms with Gasteiger partial charge in [0.1, 0.15) is 11.9 Å². The molecule has 0 aliphatic rings. The monoisotopic (exact) mass is 491 g/mol. The number of amides is 2. The van der Waals surface area contributed by atoms with Crippen LogP contribution < -0.4 is 9.62 Å². The molecule has 0 aromatic heterocycles. The highest BCUT2D eigenvalue weighted by Crippen LogP contribution is 2.19. The van der Waals surface area contributed by atoms with E-state index in [-0.39, 0.29) is 43.8 Å². The molecule has 0 aliphatic carbocycles. The summed E-state index contributed by atoms with van der Waals surface area (Å²) in [4.78, 5) is 27.5. The van der Waals surface area contributed by atoms with Gasteiger partial charge in [0.05, 0.1) is 11.9 Å². The molecule has 0 saturated heterocycles. The molecular weight excluding hydrogens is 457 g/mol. The lowest BCUT2D eigenvalue weighted by molar-refractivity contribution is -0.140. The van der Waals surface area contributed by atoms with Crippen LogP contribution in [-0.4, -0.2) is 50.0 Å². The first-order valence-corrected chi connectivity index (χ1v) is 13.2. The first-order chi connectivity index (χ1) is 16.0. The van der Waals surface area contributed by atoms with E-state index in [0.29, 0.717) is 5.69 Å². The zero-order valence-corrected chi connectivity index (χ0v) is 21.0. The summed E-state index contributed by atoms with van der Waals surface area (Å²) in [6, 6.07) is 13.9. The van der Waals surface area contributed by atoms with Crippen LogP contribution in [0.25, 0.3) is 0 Å². The Balaban J connectivity index is 2.13. The molecule has 0 unspecified atom stereocenters. The highest BCUT2D eigenvalue weighted by Gasteiger charge is 2.27. The van der Waals surface area contributed by atoms with Crippen molar-refractivity contribution in [3.8, 4) is 0 Å². The SMILES string of the molecule is CC[C@@H](C)NC(=O)[C@H](C)N(Cc1ccccc1)C(=O)CCCN(c1ccc(F)cc1)S(C)(=O)=O. The fourth-order valence-electron chi connectivity index (χ4n) is 3.44. The molecule has 0 heterocycles. The lowest BCUT2D eigenvalue weighted by Gasteiger charge is -2.30. The summed E-state index contributed by atoms with van der Waals surface area (Å²) in [5, 5.41) is 2.92. The Bertz CT molecular complexity index is 1050. The lowest BCUT2D eigenvalue weighted by Crippen LogP contribution is -2.49. The first kappa shape index (κ1) is 27.3. The first-order valence-electron chi connectivity index (χ1n) is 11.4. The van der Waals surface area contributed by atoms with Crippen molar-refractivity contribution in [3.63, 3.8) is 0 Å². The molecule has 0 radical (unpaired) electrons. The highest BCUT2D eigenvalue weighted by atomic mass is 32.2. The molecule has 2 rings (SSSR count). The summed E-state index contributed by atoms with van der Waals surface area (Å²) in [5.74, 6) is -0.945. The van der Waals surface area contributed by atoms with Crippen molar-refractivity contribution in [1.29, 1.82) is 0 Å². The Morgan fingerprint density at radius 1 is 1.03 bits per heavy atom. The van der Waals surface area contributed by atoms with Gasteiger partial charge in [-0.05, 0) is 56.5 Å². The molecule has 2 atom stereocenters. The van der Waals surface area contributed by atoms with Crippen molar-refractivity contribution in [2.45, 2.75) is 58.7 Å². The second-order valence-electron chi connectivity index (χ2n) is 8.42. The summed E-state index contributed by atoms with van der Waals surface area (Å²) in [6.07, 6.45) is 2.15.